The van der Waals surface area contributed by atoms with Crippen LogP contribution < -0.4 is 25.1 Å². The number of rotatable bonds is 9. The molecule has 10 heteroatoms. The van der Waals surface area contributed by atoms with E-state index in [0.29, 0.717) is 47.1 Å². The smallest absolute Gasteiger partial charge is 0.277 e. The third-order valence-electron chi connectivity index (χ3n) is 6.03. The molecule has 4 aromatic rings. The predicted molar refractivity (Wildman–Crippen MR) is 135 cm³/mol. The highest BCUT2D eigenvalue weighted by atomic mass is 32.1. The van der Waals surface area contributed by atoms with Gasteiger partial charge in [0.25, 0.3) is 5.56 Å². The van der Waals surface area contributed by atoms with Gasteiger partial charge in [0.2, 0.25) is 11.7 Å². The lowest BCUT2D eigenvalue weighted by molar-refractivity contribution is -0.121. The summed E-state index contributed by atoms with van der Waals surface area (Å²) < 4.78 is 19.6. The van der Waals surface area contributed by atoms with Crippen molar-refractivity contribution in [3.05, 3.63) is 62.2 Å². The van der Waals surface area contributed by atoms with E-state index < -0.39 is 0 Å². The molecule has 9 nitrogen and oxygen atoms in total. The van der Waals surface area contributed by atoms with Gasteiger partial charge in [-0.3, -0.25) is 9.59 Å². The molecule has 0 radical (unpaired) electrons. The lowest BCUT2D eigenvalue weighted by Crippen LogP contribution is -2.27. The van der Waals surface area contributed by atoms with Crippen LogP contribution in [-0.4, -0.2) is 41.4 Å². The molecular weight excluding hydrogens is 468 g/mol. The number of hydrogen-bond acceptors (Lipinski definition) is 7. The molecule has 184 valence electrons. The molecule has 0 spiro atoms. The number of nitrogens with zero attached hydrogens (tertiary/aromatic N) is 3. The topological polar surface area (TPSA) is 96.1 Å². The first-order valence-corrected chi connectivity index (χ1v) is 11.9. The number of hydrogen-bond donors (Lipinski definition) is 1. The minimum atomic E-state index is -0.236. The maximum atomic E-state index is 13.3. The van der Waals surface area contributed by atoms with Crippen molar-refractivity contribution in [1.82, 2.24) is 19.5 Å². The van der Waals surface area contributed by atoms with Crippen LogP contribution in [0.4, 0.5) is 0 Å². The Hall–Kier alpha value is -3.79. The highest BCUT2D eigenvalue weighted by molar-refractivity contribution is 7.09. The average Bonchev–Trinajstić information content (AvgIpc) is 3.55. The van der Waals surface area contributed by atoms with Gasteiger partial charge in [0.1, 0.15) is 5.65 Å². The number of aromatic nitrogens is 3. The molecule has 35 heavy (non-hydrogen) atoms. The number of thiophene rings is 1. The first-order valence-electron chi connectivity index (χ1n) is 11.1. The summed E-state index contributed by atoms with van der Waals surface area (Å²) >= 11 is 1.59. The fourth-order valence-electron chi connectivity index (χ4n) is 4.00. The number of aryl methyl sites for hydroxylation is 1. The number of fused-ring (bicyclic) bond motifs is 1. The zero-order valence-corrected chi connectivity index (χ0v) is 21.2. The van der Waals surface area contributed by atoms with E-state index in [9.17, 15) is 9.59 Å². The Bertz CT molecular complexity index is 1400. The second-order valence-corrected chi connectivity index (χ2v) is 9.03. The van der Waals surface area contributed by atoms with E-state index in [1.54, 1.807) is 44.8 Å². The van der Waals surface area contributed by atoms with Gasteiger partial charge >= 0.3 is 0 Å². The summed E-state index contributed by atoms with van der Waals surface area (Å²) in [6.07, 6.45) is 0.540. The molecule has 0 aliphatic heterocycles. The van der Waals surface area contributed by atoms with Gasteiger partial charge in [-0.1, -0.05) is 6.07 Å². The maximum Gasteiger partial charge on any atom is 0.277 e. The number of nitrogens with one attached hydrogen (secondary N) is 1. The Morgan fingerprint density at radius 2 is 1.83 bits per heavy atom. The third kappa shape index (κ3) is 4.74. The van der Waals surface area contributed by atoms with Crippen LogP contribution in [0.25, 0.3) is 16.9 Å². The van der Waals surface area contributed by atoms with Gasteiger partial charge < -0.3 is 24.1 Å². The number of carbonyl (C=O) groups is 1. The fourth-order valence-corrected chi connectivity index (χ4v) is 4.64. The second kappa shape index (κ2) is 10.2. The van der Waals surface area contributed by atoms with Crippen LogP contribution in [0, 0.1) is 6.92 Å². The summed E-state index contributed by atoms with van der Waals surface area (Å²) in [5.41, 5.74) is 3.06. The van der Waals surface area contributed by atoms with Crippen molar-refractivity contribution in [1.29, 1.82) is 0 Å². The largest absolute Gasteiger partial charge is 0.493 e. The minimum absolute atomic E-state index is 0.0986. The summed E-state index contributed by atoms with van der Waals surface area (Å²) in [4.78, 5) is 26.8. The summed E-state index contributed by atoms with van der Waals surface area (Å²) in [5, 5.41) is 9.46. The van der Waals surface area contributed by atoms with Crippen LogP contribution in [0.15, 0.2) is 40.5 Å². The van der Waals surface area contributed by atoms with E-state index in [1.807, 2.05) is 42.1 Å². The third-order valence-corrected chi connectivity index (χ3v) is 6.90. The summed E-state index contributed by atoms with van der Waals surface area (Å²) in [7, 11) is 6.52. The van der Waals surface area contributed by atoms with Gasteiger partial charge in [-0.15, -0.1) is 11.3 Å². The molecule has 1 aromatic carbocycles. The van der Waals surface area contributed by atoms with Crippen molar-refractivity contribution in [3.63, 3.8) is 0 Å². The molecule has 4 rings (SSSR count). The fraction of sp³-hybridized carbons (Fsp3) is 0.320. The molecule has 0 aliphatic carbocycles. The van der Waals surface area contributed by atoms with Crippen LogP contribution in [-0.2, 0) is 24.8 Å². The number of benzene rings is 1. The highest BCUT2D eigenvalue weighted by Gasteiger charge is 2.19. The monoisotopic (exact) mass is 496 g/mol. The van der Waals surface area contributed by atoms with E-state index in [1.165, 1.54) is 4.52 Å². The first-order chi connectivity index (χ1) is 16.9. The number of carbonyl (C=O) groups excluding carboxylic acids is 1. The molecule has 0 unspecified atom stereocenters. The molecule has 0 atom stereocenters. The zero-order valence-electron chi connectivity index (χ0n) is 20.4. The number of ether oxygens (including phenoxy) is 3. The summed E-state index contributed by atoms with van der Waals surface area (Å²) in [5.74, 6) is 1.37. The molecule has 0 saturated heterocycles. The van der Waals surface area contributed by atoms with Gasteiger partial charge in [0, 0.05) is 41.2 Å². The number of methoxy groups -OCH3 is 3. The SMILES string of the molecule is COc1cc(-c2cc3n(C)c(C)c(CCC(=O)NCc4cccs4)c(=O)n3n2)cc(OC)c1OC. The molecule has 3 heterocycles. The Morgan fingerprint density at radius 3 is 2.43 bits per heavy atom. The minimum Gasteiger partial charge on any atom is -0.493 e. The Labute approximate surface area is 206 Å². The van der Waals surface area contributed by atoms with E-state index in [0.717, 1.165) is 16.1 Å². The van der Waals surface area contributed by atoms with Crippen LogP contribution in [0.1, 0.15) is 22.6 Å². The quantitative estimate of drug-likeness (QED) is 0.382. The average molecular weight is 497 g/mol. The normalized spacial score (nSPS) is 11.0. The van der Waals surface area contributed by atoms with Crippen molar-refractivity contribution in [2.24, 2.45) is 7.05 Å². The highest BCUT2D eigenvalue weighted by Crippen LogP contribution is 2.41. The Kier molecular flexibility index (Phi) is 7.11. The van der Waals surface area contributed by atoms with E-state index in [4.69, 9.17) is 14.2 Å². The Morgan fingerprint density at radius 1 is 1.11 bits per heavy atom. The number of amides is 1. The molecule has 0 saturated carbocycles. The van der Waals surface area contributed by atoms with E-state index in [2.05, 4.69) is 10.4 Å². The molecular formula is C25H28N4O5S. The predicted octanol–water partition coefficient (Wildman–Crippen LogP) is 3.34. The van der Waals surface area contributed by atoms with Gasteiger partial charge in [0.15, 0.2) is 11.5 Å². The van der Waals surface area contributed by atoms with Crippen molar-refractivity contribution in [3.8, 4) is 28.5 Å². The molecule has 0 fully saturated rings. The van der Waals surface area contributed by atoms with Crippen LogP contribution in [0.5, 0.6) is 17.2 Å². The van der Waals surface area contributed by atoms with Gasteiger partial charge in [-0.25, -0.2) is 0 Å². The van der Waals surface area contributed by atoms with Gasteiger partial charge in [0.05, 0.1) is 33.6 Å². The van der Waals surface area contributed by atoms with Crippen LogP contribution >= 0.6 is 11.3 Å². The van der Waals surface area contributed by atoms with Gasteiger partial charge in [-0.2, -0.15) is 9.61 Å². The van der Waals surface area contributed by atoms with Crippen LogP contribution in [0.3, 0.4) is 0 Å². The summed E-state index contributed by atoms with van der Waals surface area (Å²) in [6.45, 7) is 2.37. The van der Waals surface area contributed by atoms with Crippen molar-refractivity contribution in [2.45, 2.75) is 26.3 Å². The van der Waals surface area contributed by atoms with E-state index >= 15 is 0 Å². The second-order valence-electron chi connectivity index (χ2n) is 8.00. The van der Waals surface area contributed by atoms with E-state index in [-0.39, 0.29) is 17.9 Å². The van der Waals surface area contributed by atoms with Crippen LogP contribution in [0.2, 0.25) is 0 Å². The molecule has 0 bridgehead atoms. The van der Waals surface area contributed by atoms with Crippen molar-refractivity contribution < 1.29 is 19.0 Å². The summed E-state index contributed by atoms with van der Waals surface area (Å²) in [6, 6.07) is 9.35. The standard InChI is InChI=1S/C25H28N4O5S/c1-15-18(8-9-22(30)26-14-17-7-6-10-35-17)25(31)29-23(28(15)2)13-19(27-29)16-11-20(32-3)24(34-5)21(12-16)33-4/h6-7,10-13H,8-9,14H2,1-5H3,(H,26,30). The molecule has 0 aliphatic rings. The van der Waals surface area contributed by atoms with Gasteiger partial charge in [-0.05, 0) is 36.9 Å². The zero-order chi connectivity index (χ0) is 25.1. The molecule has 1 amide bonds. The molecule has 3 aromatic heterocycles. The first kappa shape index (κ1) is 24.3. The Balaban J connectivity index is 1.65. The molecule has 1 N–H and O–H groups in total. The van der Waals surface area contributed by atoms with Crippen molar-refractivity contribution >= 4 is 22.9 Å². The lowest BCUT2D eigenvalue weighted by atomic mass is 10.1. The maximum absolute atomic E-state index is 13.3. The lowest BCUT2D eigenvalue weighted by Gasteiger charge is -2.13. The van der Waals surface area contributed by atoms with Crippen molar-refractivity contribution in [2.75, 3.05) is 21.3 Å².